The lowest BCUT2D eigenvalue weighted by Crippen LogP contribution is -2.29. The molecular weight excluding hydrogens is 415 g/mol. The molecule has 0 bridgehead atoms. The lowest BCUT2D eigenvalue weighted by molar-refractivity contribution is 0.0689. The highest BCUT2D eigenvalue weighted by molar-refractivity contribution is 8.00. The van der Waals surface area contributed by atoms with E-state index < -0.39 is 17.2 Å². The highest BCUT2D eigenvalue weighted by atomic mass is 32.2. The minimum absolute atomic E-state index is 0.0653. The van der Waals surface area contributed by atoms with Crippen molar-refractivity contribution in [1.82, 2.24) is 4.57 Å². The predicted octanol–water partition coefficient (Wildman–Crippen LogP) is 5.20. The predicted molar refractivity (Wildman–Crippen MR) is 121 cm³/mol. The number of nitrogens with one attached hydrogen (secondary N) is 1. The van der Waals surface area contributed by atoms with E-state index in [0.29, 0.717) is 21.7 Å². The first-order valence-corrected chi connectivity index (χ1v) is 10.5. The number of fused-ring (bicyclic) bond motifs is 3. The van der Waals surface area contributed by atoms with Crippen LogP contribution in [0.1, 0.15) is 21.3 Å². The monoisotopic (exact) mass is 432 g/mol. The molecule has 3 aromatic carbocycles. The minimum atomic E-state index is -1.30. The zero-order valence-electron chi connectivity index (χ0n) is 16.4. The van der Waals surface area contributed by atoms with Gasteiger partial charge in [0, 0.05) is 23.7 Å². The average Bonchev–Trinajstić information content (AvgIpc) is 2.76. The van der Waals surface area contributed by atoms with E-state index >= 15 is 4.39 Å². The van der Waals surface area contributed by atoms with E-state index in [1.807, 2.05) is 47.0 Å². The molecular formula is C24H17FN2O3S. The molecule has 0 amide bonds. The quantitative estimate of drug-likeness (QED) is 0.464. The molecule has 31 heavy (non-hydrogen) atoms. The van der Waals surface area contributed by atoms with Crippen molar-refractivity contribution in [1.29, 1.82) is 0 Å². The smallest absolute Gasteiger partial charge is 0.342 e. The van der Waals surface area contributed by atoms with Crippen LogP contribution in [-0.4, -0.2) is 22.7 Å². The number of carbonyl (C=O) groups is 1. The number of thioether (sulfide) groups is 1. The summed E-state index contributed by atoms with van der Waals surface area (Å²) >= 11 is 1.33. The van der Waals surface area contributed by atoms with Crippen molar-refractivity contribution in [2.75, 3.05) is 12.4 Å². The van der Waals surface area contributed by atoms with Crippen LogP contribution in [0.4, 0.5) is 10.1 Å². The van der Waals surface area contributed by atoms with E-state index in [1.165, 1.54) is 11.8 Å². The van der Waals surface area contributed by atoms with E-state index in [0.717, 1.165) is 17.3 Å². The molecule has 7 heteroatoms. The summed E-state index contributed by atoms with van der Waals surface area (Å²) in [5.41, 5.74) is 2.45. The van der Waals surface area contributed by atoms with Crippen LogP contribution < -0.4 is 10.7 Å². The largest absolute Gasteiger partial charge is 0.477 e. The van der Waals surface area contributed by atoms with Crippen LogP contribution in [-0.2, 0) is 0 Å². The Bertz CT molecular complexity index is 1400. The van der Waals surface area contributed by atoms with Gasteiger partial charge in [0.25, 0.3) is 0 Å². The standard InChI is InChI=1S/C24H17FN2O3S/c1-26-15-9-7-13(8-10-15)16-12-19-17(11-18(16)25)21(28)20(24(29)30)23-27(19)22(31-23)14-5-3-2-4-6-14/h2-12,22,26H,1H3,(H,29,30). The second kappa shape index (κ2) is 7.28. The Morgan fingerprint density at radius 2 is 1.81 bits per heavy atom. The van der Waals surface area contributed by atoms with Gasteiger partial charge in [-0.1, -0.05) is 54.2 Å². The van der Waals surface area contributed by atoms with Gasteiger partial charge in [-0.3, -0.25) is 4.79 Å². The average molecular weight is 432 g/mol. The van der Waals surface area contributed by atoms with Crippen LogP contribution in [0.25, 0.3) is 22.0 Å². The molecule has 2 N–H and O–H groups in total. The minimum Gasteiger partial charge on any atom is -0.477 e. The number of nitrogens with zero attached hydrogens (tertiary/aromatic N) is 1. The third kappa shape index (κ3) is 3.00. The fourth-order valence-electron chi connectivity index (χ4n) is 3.92. The van der Waals surface area contributed by atoms with Gasteiger partial charge in [-0.25, -0.2) is 9.18 Å². The highest BCUT2D eigenvalue weighted by Gasteiger charge is 2.36. The maximum atomic E-state index is 15.1. The molecule has 1 aromatic heterocycles. The number of aromatic nitrogens is 1. The van der Waals surface area contributed by atoms with E-state index in [4.69, 9.17) is 0 Å². The molecule has 154 valence electrons. The Kier molecular flexibility index (Phi) is 4.55. The van der Waals surface area contributed by atoms with Crippen molar-refractivity contribution < 1.29 is 14.3 Å². The summed E-state index contributed by atoms with van der Waals surface area (Å²) in [6, 6.07) is 19.7. The number of anilines is 1. The first-order chi connectivity index (χ1) is 15.0. The fourth-order valence-corrected chi connectivity index (χ4v) is 5.21. The summed E-state index contributed by atoms with van der Waals surface area (Å²) in [5.74, 6) is -1.87. The first-order valence-electron chi connectivity index (χ1n) is 9.64. The number of halogens is 1. The van der Waals surface area contributed by atoms with Crippen molar-refractivity contribution in [3.63, 3.8) is 0 Å². The van der Waals surface area contributed by atoms with E-state index in [-0.39, 0.29) is 16.3 Å². The Balaban J connectivity index is 1.79. The van der Waals surface area contributed by atoms with Gasteiger partial charge < -0.3 is 15.0 Å². The van der Waals surface area contributed by atoms with Crippen molar-refractivity contribution in [2.24, 2.45) is 0 Å². The Hall–Kier alpha value is -3.58. The van der Waals surface area contributed by atoms with Crippen molar-refractivity contribution in [3.05, 3.63) is 93.9 Å². The van der Waals surface area contributed by atoms with Crippen molar-refractivity contribution >= 4 is 34.3 Å². The molecule has 1 unspecified atom stereocenters. The molecule has 1 aliphatic heterocycles. The number of benzene rings is 3. The molecule has 0 fully saturated rings. The molecule has 0 saturated carbocycles. The molecule has 1 atom stereocenters. The summed E-state index contributed by atoms with van der Waals surface area (Å²) in [6.45, 7) is 0. The molecule has 0 spiro atoms. The summed E-state index contributed by atoms with van der Waals surface area (Å²) in [6.07, 6.45) is 0. The van der Waals surface area contributed by atoms with E-state index in [1.54, 1.807) is 25.2 Å². The first kappa shape index (κ1) is 19.4. The zero-order valence-corrected chi connectivity index (χ0v) is 17.2. The van der Waals surface area contributed by atoms with Crippen LogP contribution in [0.15, 0.2) is 76.6 Å². The Morgan fingerprint density at radius 1 is 1.10 bits per heavy atom. The van der Waals surface area contributed by atoms with Crippen molar-refractivity contribution in [2.45, 2.75) is 10.4 Å². The summed E-state index contributed by atoms with van der Waals surface area (Å²) < 4.78 is 16.9. The number of hydrogen-bond acceptors (Lipinski definition) is 4. The van der Waals surface area contributed by atoms with Crippen LogP contribution in [0.5, 0.6) is 0 Å². The normalized spacial score (nSPS) is 14.7. The number of rotatable bonds is 4. The van der Waals surface area contributed by atoms with Crippen LogP contribution >= 0.6 is 11.8 Å². The summed E-state index contributed by atoms with van der Waals surface area (Å²) in [7, 11) is 1.80. The maximum absolute atomic E-state index is 15.1. The van der Waals surface area contributed by atoms with Crippen LogP contribution in [0.3, 0.4) is 0 Å². The molecule has 0 radical (unpaired) electrons. The molecule has 5 nitrogen and oxygen atoms in total. The van der Waals surface area contributed by atoms with Gasteiger partial charge in [-0.05, 0) is 35.4 Å². The molecule has 1 aliphatic rings. The third-order valence-corrected chi connectivity index (χ3v) is 6.82. The Morgan fingerprint density at radius 3 is 2.45 bits per heavy atom. The SMILES string of the molecule is CNc1ccc(-c2cc3c(cc2F)c(=O)c(C(=O)O)c2n3C(c3ccccc3)S2)cc1. The van der Waals surface area contributed by atoms with Gasteiger partial charge in [0.05, 0.1) is 10.5 Å². The summed E-state index contributed by atoms with van der Waals surface area (Å²) in [5, 5.41) is 12.9. The van der Waals surface area contributed by atoms with E-state index in [2.05, 4.69) is 5.32 Å². The van der Waals surface area contributed by atoms with Gasteiger partial charge in [0.15, 0.2) is 0 Å². The molecule has 5 rings (SSSR count). The molecule has 2 heterocycles. The third-order valence-electron chi connectivity index (χ3n) is 5.49. The molecule has 0 aliphatic carbocycles. The molecule has 4 aromatic rings. The fraction of sp³-hybridized carbons (Fsp3) is 0.0833. The number of carboxylic acids is 1. The summed E-state index contributed by atoms with van der Waals surface area (Å²) in [4.78, 5) is 24.7. The number of carboxylic acid groups (broad SMARTS) is 1. The van der Waals surface area contributed by atoms with Gasteiger partial charge in [-0.15, -0.1) is 0 Å². The van der Waals surface area contributed by atoms with Crippen LogP contribution in [0, 0.1) is 5.82 Å². The van der Waals surface area contributed by atoms with Crippen molar-refractivity contribution in [3.8, 4) is 11.1 Å². The second-order valence-corrected chi connectivity index (χ2v) is 8.31. The van der Waals surface area contributed by atoms with Gasteiger partial charge >= 0.3 is 5.97 Å². The van der Waals surface area contributed by atoms with Gasteiger partial charge in [-0.2, -0.15) is 0 Å². The van der Waals surface area contributed by atoms with Crippen LogP contribution in [0.2, 0.25) is 0 Å². The van der Waals surface area contributed by atoms with Gasteiger partial charge in [0.2, 0.25) is 5.43 Å². The zero-order chi connectivity index (χ0) is 21.7. The number of hydrogen-bond donors (Lipinski definition) is 2. The number of aromatic carboxylic acids is 1. The highest BCUT2D eigenvalue weighted by Crippen LogP contribution is 2.50. The lowest BCUT2D eigenvalue weighted by Gasteiger charge is -2.35. The topological polar surface area (TPSA) is 71.3 Å². The second-order valence-electron chi connectivity index (χ2n) is 7.24. The maximum Gasteiger partial charge on any atom is 0.342 e. The Labute approximate surface area is 181 Å². The number of pyridine rings is 1. The van der Waals surface area contributed by atoms with E-state index in [9.17, 15) is 14.7 Å². The lowest BCUT2D eigenvalue weighted by atomic mass is 10.0. The van der Waals surface area contributed by atoms with Gasteiger partial charge in [0.1, 0.15) is 16.8 Å². The molecule has 0 saturated heterocycles.